The minimum Gasteiger partial charge on any atom is -0.463 e. The van der Waals surface area contributed by atoms with Gasteiger partial charge in [-0.25, -0.2) is 4.79 Å². The molecule has 2 atom stereocenters. The average Bonchev–Trinajstić information content (AvgIpc) is 2.56. The molecule has 1 N–H and O–H groups in total. The van der Waals surface area contributed by atoms with E-state index in [4.69, 9.17) is 4.74 Å². The zero-order chi connectivity index (χ0) is 12.5. The van der Waals surface area contributed by atoms with Gasteiger partial charge in [-0.15, -0.1) is 0 Å². The molecular weight excluding hydrogens is 216 g/mol. The maximum absolute atomic E-state index is 11.5. The molecule has 2 aliphatic rings. The summed E-state index contributed by atoms with van der Waals surface area (Å²) in [6, 6.07) is 0. The highest BCUT2D eigenvalue weighted by atomic mass is 16.5. The molecule has 0 aromatic rings. The second-order valence-corrected chi connectivity index (χ2v) is 5.55. The lowest BCUT2D eigenvalue weighted by Gasteiger charge is -2.45. The normalized spacial score (nSPS) is 39.1. The quantitative estimate of drug-likeness (QED) is 0.594. The Bertz CT molecular complexity index is 347. The van der Waals surface area contributed by atoms with Gasteiger partial charge in [-0.05, 0) is 51.0 Å². The first kappa shape index (κ1) is 12.6. The van der Waals surface area contributed by atoms with E-state index in [1.807, 2.05) is 0 Å². The van der Waals surface area contributed by atoms with Crippen LogP contribution in [0.15, 0.2) is 11.6 Å². The van der Waals surface area contributed by atoms with Crippen LogP contribution < -0.4 is 0 Å². The Morgan fingerprint density at radius 2 is 2.12 bits per heavy atom. The molecule has 0 amide bonds. The standard InChI is InChI=1S/C14H22O3/c1-3-17-12(15)10-11-6-4-7-13(2)8-5-9-14(11,13)16/h10,16H,3-9H2,1-2H3/b11-10+/t13-,14+/m1/s1. The number of ether oxygens (including phenoxy) is 1. The molecule has 2 saturated carbocycles. The van der Waals surface area contributed by atoms with E-state index in [9.17, 15) is 9.90 Å². The van der Waals surface area contributed by atoms with Crippen molar-refractivity contribution in [3.63, 3.8) is 0 Å². The largest absolute Gasteiger partial charge is 0.463 e. The van der Waals surface area contributed by atoms with Gasteiger partial charge < -0.3 is 9.84 Å². The van der Waals surface area contributed by atoms with Crippen molar-refractivity contribution in [2.24, 2.45) is 5.41 Å². The molecule has 2 rings (SSSR count). The number of hydrogen-bond donors (Lipinski definition) is 1. The smallest absolute Gasteiger partial charge is 0.330 e. The average molecular weight is 238 g/mol. The van der Waals surface area contributed by atoms with Crippen molar-refractivity contribution in [2.75, 3.05) is 6.61 Å². The zero-order valence-corrected chi connectivity index (χ0v) is 10.8. The zero-order valence-electron chi connectivity index (χ0n) is 10.8. The first-order valence-corrected chi connectivity index (χ1v) is 6.62. The summed E-state index contributed by atoms with van der Waals surface area (Å²) in [5, 5.41) is 10.9. The van der Waals surface area contributed by atoms with E-state index >= 15 is 0 Å². The maximum atomic E-state index is 11.5. The second kappa shape index (κ2) is 4.45. The number of hydrogen-bond acceptors (Lipinski definition) is 3. The summed E-state index contributed by atoms with van der Waals surface area (Å²) in [5.41, 5.74) is 0.0869. The molecule has 0 aliphatic heterocycles. The van der Waals surface area contributed by atoms with Crippen molar-refractivity contribution < 1.29 is 14.6 Å². The molecule has 0 aromatic carbocycles. The summed E-state index contributed by atoms with van der Waals surface area (Å²) < 4.78 is 4.94. The highest BCUT2D eigenvalue weighted by molar-refractivity contribution is 5.83. The van der Waals surface area contributed by atoms with Crippen LogP contribution in [0.4, 0.5) is 0 Å². The predicted octanol–water partition coefficient (Wildman–Crippen LogP) is 2.58. The van der Waals surface area contributed by atoms with Gasteiger partial charge in [0.05, 0.1) is 12.2 Å². The van der Waals surface area contributed by atoms with Gasteiger partial charge in [0.25, 0.3) is 0 Å². The third-order valence-electron chi connectivity index (χ3n) is 4.55. The summed E-state index contributed by atoms with van der Waals surface area (Å²) in [6.45, 7) is 4.34. The van der Waals surface area contributed by atoms with Gasteiger partial charge in [0.1, 0.15) is 0 Å². The molecule has 0 aromatic heterocycles. The van der Waals surface area contributed by atoms with Crippen LogP contribution in [0.2, 0.25) is 0 Å². The fraction of sp³-hybridized carbons (Fsp3) is 0.786. The lowest BCUT2D eigenvalue weighted by molar-refractivity contribution is -0.137. The highest BCUT2D eigenvalue weighted by Gasteiger charge is 2.54. The van der Waals surface area contributed by atoms with Crippen molar-refractivity contribution >= 4 is 5.97 Å². The first-order chi connectivity index (χ1) is 8.02. The monoisotopic (exact) mass is 238 g/mol. The lowest BCUT2D eigenvalue weighted by Crippen LogP contribution is -2.46. The number of carbonyl (C=O) groups excluding carboxylic acids is 1. The Kier molecular flexibility index (Phi) is 3.30. The molecule has 0 spiro atoms. The van der Waals surface area contributed by atoms with Crippen LogP contribution in [0.5, 0.6) is 0 Å². The molecule has 0 bridgehead atoms. The second-order valence-electron chi connectivity index (χ2n) is 5.55. The first-order valence-electron chi connectivity index (χ1n) is 6.62. The highest BCUT2D eigenvalue weighted by Crippen LogP contribution is 2.56. The fourth-order valence-corrected chi connectivity index (χ4v) is 3.52. The van der Waals surface area contributed by atoms with Crippen LogP contribution >= 0.6 is 0 Å². The van der Waals surface area contributed by atoms with Gasteiger partial charge in [0.2, 0.25) is 0 Å². The Hall–Kier alpha value is -0.830. The topological polar surface area (TPSA) is 46.5 Å². The molecule has 3 heteroatoms. The van der Waals surface area contributed by atoms with Gasteiger partial charge in [0.15, 0.2) is 0 Å². The van der Waals surface area contributed by atoms with Gasteiger partial charge in [0, 0.05) is 11.5 Å². The molecule has 96 valence electrons. The molecule has 17 heavy (non-hydrogen) atoms. The fourth-order valence-electron chi connectivity index (χ4n) is 3.52. The van der Waals surface area contributed by atoms with E-state index in [0.717, 1.165) is 44.1 Å². The third kappa shape index (κ3) is 2.01. The molecule has 0 radical (unpaired) electrons. The minimum atomic E-state index is -0.766. The van der Waals surface area contributed by atoms with Crippen LogP contribution in [0.1, 0.15) is 52.4 Å². The number of rotatable bonds is 2. The van der Waals surface area contributed by atoms with Crippen molar-refractivity contribution in [1.82, 2.24) is 0 Å². The molecule has 0 saturated heterocycles. The minimum absolute atomic E-state index is 0.0381. The van der Waals surface area contributed by atoms with Crippen LogP contribution in [-0.2, 0) is 9.53 Å². The van der Waals surface area contributed by atoms with Gasteiger partial charge in [-0.1, -0.05) is 6.92 Å². The Labute approximate surface area is 103 Å². The summed E-state index contributed by atoms with van der Waals surface area (Å²) in [4.78, 5) is 11.5. The van der Waals surface area contributed by atoms with E-state index in [-0.39, 0.29) is 11.4 Å². The van der Waals surface area contributed by atoms with E-state index in [2.05, 4.69) is 6.92 Å². The van der Waals surface area contributed by atoms with Gasteiger partial charge in [-0.2, -0.15) is 0 Å². The van der Waals surface area contributed by atoms with Crippen LogP contribution in [0.3, 0.4) is 0 Å². The maximum Gasteiger partial charge on any atom is 0.330 e. The molecule has 2 aliphatic carbocycles. The predicted molar refractivity (Wildman–Crippen MR) is 65.5 cm³/mol. The summed E-state index contributed by atoms with van der Waals surface area (Å²) in [5.74, 6) is -0.313. The molecule has 2 fully saturated rings. The Balaban J connectivity index is 2.25. The molecule has 0 heterocycles. The number of aliphatic hydroxyl groups is 1. The van der Waals surface area contributed by atoms with E-state index in [1.165, 1.54) is 6.08 Å². The number of fused-ring (bicyclic) bond motifs is 1. The van der Waals surface area contributed by atoms with Crippen LogP contribution in [0.25, 0.3) is 0 Å². The van der Waals surface area contributed by atoms with Gasteiger partial charge >= 0.3 is 5.97 Å². The van der Waals surface area contributed by atoms with Gasteiger partial charge in [-0.3, -0.25) is 0 Å². The van der Waals surface area contributed by atoms with E-state index in [1.54, 1.807) is 6.92 Å². The number of carbonyl (C=O) groups is 1. The number of esters is 1. The summed E-state index contributed by atoms with van der Waals surface area (Å²) in [6.07, 6.45) is 7.37. The lowest BCUT2D eigenvalue weighted by atomic mass is 9.64. The SMILES string of the molecule is CCOC(=O)/C=C1\CCC[C@]2(C)CCC[C@]12O. The third-order valence-corrected chi connectivity index (χ3v) is 4.55. The molecular formula is C14H22O3. The van der Waals surface area contributed by atoms with Crippen molar-refractivity contribution in [2.45, 2.75) is 58.0 Å². The molecule has 0 unspecified atom stereocenters. The Morgan fingerprint density at radius 1 is 1.41 bits per heavy atom. The van der Waals surface area contributed by atoms with Crippen molar-refractivity contribution in [3.8, 4) is 0 Å². The summed E-state index contributed by atoms with van der Waals surface area (Å²) >= 11 is 0. The van der Waals surface area contributed by atoms with Crippen molar-refractivity contribution in [3.05, 3.63) is 11.6 Å². The van der Waals surface area contributed by atoms with Crippen LogP contribution in [0, 0.1) is 5.41 Å². The van der Waals surface area contributed by atoms with E-state index < -0.39 is 5.60 Å². The van der Waals surface area contributed by atoms with Crippen molar-refractivity contribution in [1.29, 1.82) is 0 Å². The molecule has 3 nitrogen and oxygen atoms in total. The van der Waals surface area contributed by atoms with E-state index in [0.29, 0.717) is 6.61 Å². The summed E-state index contributed by atoms with van der Waals surface area (Å²) in [7, 11) is 0. The van der Waals surface area contributed by atoms with Crippen LogP contribution in [-0.4, -0.2) is 23.3 Å². The Morgan fingerprint density at radius 3 is 2.82 bits per heavy atom.